The Balaban J connectivity index is 2.45. The molecular weight excluding hydrogens is 186 g/mol. The van der Waals surface area contributed by atoms with Crippen molar-refractivity contribution in [2.75, 3.05) is 26.2 Å². The van der Waals surface area contributed by atoms with Gasteiger partial charge in [-0.2, -0.15) is 0 Å². The fourth-order valence-electron chi connectivity index (χ4n) is 1.51. The molecule has 80 valence electrons. The van der Waals surface area contributed by atoms with Crippen molar-refractivity contribution in [1.82, 2.24) is 10.2 Å². The van der Waals surface area contributed by atoms with Crippen LogP contribution in [0.15, 0.2) is 0 Å². The third kappa shape index (κ3) is 2.97. The van der Waals surface area contributed by atoms with E-state index in [1.165, 1.54) is 0 Å². The predicted molar refractivity (Wildman–Crippen MR) is 49.7 cm³/mol. The Kier molecular flexibility index (Phi) is 3.84. The van der Waals surface area contributed by atoms with Crippen molar-refractivity contribution >= 4 is 11.9 Å². The van der Waals surface area contributed by atoms with Crippen LogP contribution >= 0.6 is 0 Å². The highest BCUT2D eigenvalue weighted by atomic mass is 16.4. The van der Waals surface area contributed by atoms with Crippen molar-refractivity contribution in [2.45, 2.75) is 12.5 Å². The normalized spacial score (nSPS) is 23.3. The van der Waals surface area contributed by atoms with E-state index in [0.29, 0.717) is 19.6 Å². The standard InChI is InChI=1S/C8H15N3O3/c9-7(12)1-3-11-4-2-10-5-6(11)8(13)14/h6,10H,1-5H2,(H2,9,12)(H,13,14). The molecule has 1 saturated heterocycles. The second-order valence-electron chi connectivity index (χ2n) is 3.31. The number of aliphatic carboxylic acids is 1. The molecule has 6 heteroatoms. The van der Waals surface area contributed by atoms with Gasteiger partial charge in [0, 0.05) is 32.6 Å². The van der Waals surface area contributed by atoms with Crippen molar-refractivity contribution in [2.24, 2.45) is 5.73 Å². The van der Waals surface area contributed by atoms with Crippen LogP contribution in [0, 0.1) is 0 Å². The highest BCUT2D eigenvalue weighted by Crippen LogP contribution is 2.04. The fraction of sp³-hybridized carbons (Fsp3) is 0.750. The molecule has 4 N–H and O–H groups in total. The summed E-state index contributed by atoms with van der Waals surface area (Å²) in [5, 5.41) is 11.9. The smallest absolute Gasteiger partial charge is 0.322 e. The first-order valence-electron chi connectivity index (χ1n) is 4.57. The quantitative estimate of drug-likeness (QED) is 0.500. The number of nitrogens with two attached hydrogens (primary N) is 1. The van der Waals surface area contributed by atoms with Gasteiger partial charge in [0.2, 0.25) is 5.91 Å². The van der Waals surface area contributed by atoms with Crippen molar-refractivity contribution in [3.8, 4) is 0 Å². The minimum absolute atomic E-state index is 0.212. The molecule has 1 fully saturated rings. The van der Waals surface area contributed by atoms with Crippen LogP contribution in [-0.2, 0) is 9.59 Å². The lowest BCUT2D eigenvalue weighted by molar-refractivity contribution is -0.144. The van der Waals surface area contributed by atoms with E-state index >= 15 is 0 Å². The zero-order valence-electron chi connectivity index (χ0n) is 7.90. The number of carbonyl (C=O) groups is 2. The summed E-state index contributed by atoms with van der Waals surface area (Å²) in [6.45, 7) is 2.24. The Bertz CT molecular complexity index is 232. The van der Waals surface area contributed by atoms with Crippen molar-refractivity contribution < 1.29 is 14.7 Å². The SMILES string of the molecule is NC(=O)CCN1CCNCC1C(=O)O. The Labute approximate surface area is 82.1 Å². The molecular formula is C8H15N3O3. The number of nitrogens with one attached hydrogen (secondary N) is 1. The Morgan fingerprint density at radius 3 is 2.86 bits per heavy atom. The van der Waals surface area contributed by atoms with Crippen molar-refractivity contribution in [3.63, 3.8) is 0 Å². The van der Waals surface area contributed by atoms with E-state index in [-0.39, 0.29) is 6.42 Å². The summed E-state index contributed by atoms with van der Waals surface area (Å²) < 4.78 is 0. The number of carboxylic acid groups (broad SMARTS) is 1. The van der Waals surface area contributed by atoms with Gasteiger partial charge in [-0.3, -0.25) is 14.5 Å². The van der Waals surface area contributed by atoms with Crippen LogP contribution in [0.25, 0.3) is 0 Å². The largest absolute Gasteiger partial charge is 0.480 e. The number of piperazine rings is 1. The Morgan fingerprint density at radius 1 is 1.57 bits per heavy atom. The molecule has 1 atom stereocenters. The lowest BCUT2D eigenvalue weighted by Gasteiger charge is -2.32. The molecule has 0 bridgehead atoms. The van der Waals surface area contributed by atoms with E-state index in [0.717, 1.165) is 6.54 Å². The molecule has 1 aliphatic rings. The monoisotopic (exact) mass is 201 g/mol. The van der Waals surface area contributed by atoms with Gasteiger partial charge in [-0.1, -0.05) is 0 Å². The molecule has 1 unspecified atom stereocenters. The highest BCUT2D eigenvalue weighted by molar-refractivity contribution is 5.75. The molecule has 6 nitrogen and oxygen atoms in total. The summed E-state index contributed by atoms with van der Waals surface area (Å²) in [6, 6.07) is -0.539. The van der Waals surface area contributed by atoms with E-state index in [4.69, 9.17) is 10.8 Å². The van der Waals surface area contributed by atoms with Gasteiger partial charge in [0.05, 0.1) is 0 Å². The molecule has 0 aliphatic carbocycles. The molecule has 0 spiro atoms. The van der Waals surface area contributed by atoms with Crippen molar-refractivity contribution in [3.05, 3.63) is 0 Å². The zero-order valence-corrected chi connectivity index (χ0v) is 7.90. The van der Waals surface area contributed by atoms with E-state index < -0.39 is 17.9 Å². The highest BCUT2D eigenvalue weighted by Gasteiger charge is 2.27. The Hall–Kier alpha value is -1.14. The average molecular weight is 201 g/mol. The summed E-state index contributed by atoms with van der Waals surface area (Å²) in [5.41, 5.74) is 5.00. The lowest BCUT2D eigenvalue weighted by Crippen LogP contribution is -2.55. The zero-order chi connectivity index (χ0) is 10.6. The van der Waals surface area contributed by atoms with Gasteiger partial charge in [-0.25, -0.2) is 0 Å². The molecule has 14 heavy (non-hydrogen) atoms. The number of carboxylic acids is 1. The van der Waals surface area contributed by atoms with Crippen LogP contribution in [0.3, 0.4) is 0 Å². The number of hydrogen-bond donors (Lipinski definition) is 3. The molecule has 1 aliphatic heterocycles. The number of rotatable bonds is 4. The van der Waals surface area contributed by atoms with E-state index in [2.05, 4.69) is 5.32 Å². The first-order chi connectivity index (χ1) is 6.61. The minimum atomic E-state index is -0.860. The van der Waals surface area contributed by atoms with Gasteiger partial charge in [0.25, 0.3) is 0 Å². The van der Waals surface area contributed by atoms with Crippen molar-refractivity contribution in [1.29, 1.82) is 0 Å². The first kappa shape index (κ1) is 10.9. The predicted octanol–water partition coefficient (Wildman–Crippen LogP) is -1.78. The number of hydrogen-bond acceptors (Lipinski definition) is 4. The number of nitrogens with zero attached hydrogens (tertiary/aromatic N) is 1. The molecule has 0 aromatic heterocycles. The average Bonchev–Trinajstić information content (AvgIpc) is 2.15. The number of carbonyl (C=O) groups excluding carboxylic acids is 1. The number of primary amides is 1. The number of amides is 1. The Morgan fingerprint density at radius 2 is 2.29 bits per heavy atom. The molecule has 1 rings (SSSR count). The van der Waals surface area contributed by atoms with Crippen LogP contribution in [0.1, 0.15) is 6.42 Å². The molecule has 1 amide bonds. The van der Waals surface area contributed by atoms with Crippen LogP contribution in [0.2, 0.25) is 0 Å². The molecule has 0 aromatic carbocycles. The van der Waals surface area contributed by atoms with Gasteiger partial charge >= 0.3 is 5.97 Å². The molecule has 0 radical (unpaired) electrons. The van der Waals surface area contributed by atoms with Crippen LogP contribution < -0.4 is 11.1 Å². The van der Waals surface area contributed by atoms with E-state index in [9.17, 15) is 9.59 Å². The third-order valence-corrected chi connectivity index (χ3v) is 2.28. The fourth-order valence-corrected chi connectivity index (χ4v) is 1.51. The molecule has 0 saturated carbocycles. The minimum Gasteiger partial charge on any atom is -0.480 e. The van der Waals surface area contributed by atoms with E-state index in [1.54, 1.807) is 4.90 Å². The summed E-state index contributed by atoms with van der Waals surface area (Å²) in [5.74, 6) is -1.26. The molecule has 0 aromatic rings. The van der Waals surface area contributed by atoms with E-state index in [1.807, 2.05) is 0 Å². The van der Waals surface area contributed by atoms with Gasteiger partial charge < -0.3 is 16.2 Å². The van der Waals surface area contributed by atoms with Crippen LogP contribution in [0.5, 0.6) is 0 Å². The maximum absolute atomic E-state index is 10.8. The van der Waals surface area contributed by atoms with Crippen LogP contribution in [0.4, 0.5) is 0 Å². The lowest BCUT2D eigenvalue weighted by atomic mass is 10.2. The summed E-state index contributed by atoms with van der Waals surface area (Å²) in [7, 11) is 0. The van der Waals surface area contributed by atoms with Gasteiger partial charge in [-0.05, 0) is 0 Å². The van der Waals surface area contributed by atoms with Gasteiger partial charge in [-0.15, -0.1) is 0 Å². The maximum atomic E-state index is 10.8. The van der Waals surface area contributed by atoms with Gasteiger partial charge in [0.15, 0.2) is 0 Å². The summed E-state index contributed by atoms with van der Waals surface area (Å²) in [6.07, 6.45) is 0.212. The first-order valence-corrected chi connectivity index (χ1v) is 4.57. The summed E-state index contributed by atoms with van der Waals surface area (Å²) >= 11 is 0. The maximum Gasteiger partial charge on any atom is 0.322 e. The topological polar surface area (TPSA) is 95.7 Å². The second kappa shape index (κ2) is 4.92. The molecule has 1 heterocycles. The second-order valence-corrected chi connectivity index (χ2v) is 3.31. The third-order valence-electron chi connectivity index (χ3n) is 2.28. The van der Waals surface area contributed by atoms with Gasteiger partial charge in [0.1, 0.15) is 6.04 Å². The van der Waals surface area contributed by atoms with Crippen LogP contribution in [-0.4, -0.2) is 54.1 Å². The summed E-state index contributed by atoms with van der Waals surface area (Å²) in [4.78, 5) is 23.1.